The molecule has 0 saturated heterocycles. The molecule has 5 nitrogen and oxygen atoms in total. The molecule has 0 radical (unpaired) electrons. The van der Waals surface area contributed by atoms with Crippen LogP contribution in [0.1, 0.15) is 105 Å². The first-order chi connectivity index (χ1) is 43.7. The molecule has 0 saturated carbocycles. The van der Waals surface area contributed by atoms with Gasteiger partial charge in [-0.1, -0.05) is 198 Å². The van der Waals surface area contributed by atoms with Crippen molar-refractivity contribution in [1.29, 1.82) is 0 Å². The molecule has 0 bridgehead atoms. The molecule has 13 rings (SSSR count). The Labute approximate surface area is 556 Å². The molecule has 0 N–H and O–H groups in total. The van der Waals surface area contributed by atoms with Crippen LogP contribution in [0.2, 0.25) is 0 Å². The summed E-state index contributed by atoms with van der Waals surface area (Å²) in [7, 11) is 0. The third-order valence-corrected chi connectivity index (χ3v) is 17.5. The van der Waals surface area contributed by atoms with E-state index < -0.39 is 40.1 Å². The first-order valence-electron chi connectivity index (χ1n) is 31.0. The van der Waals surface area contributed by atoms with Gasteiger partial charge in [-0.2, -0.15) is 6.07 Å². The summed E-state index contributed by atoms with van der Waals surface area (Å²) < 4.78 is 90.4. The predicted molar refractivity (Wildman–Crippen MR) is 366 cm³/mol. The summed E-state index contributed by atoms with van der Waals surface area (Å²) in [4.78, 5) is 8.65. The molecule has 0 atom stereocenters. The number of hydrogen-bond acceptors (Lipinski definition) is 4. The van der Waals surface area contributed by atoms with Gasteiger partial charge in [0.2, 0.25) is 5.82 Å². The van der Waals surface area contributed by atoms with E-state index in [0.29, 0.717) is 45.3 Å². The van der Waals surface area contributed by atoms with Crippen LogP contribution in [0.3, 0.4) is 0 Å². The van der Waals surface area contributed by atoms with E-state index >= 15 is 22.0 Å². The molecule has 11 heteroatoms. The van der Waals surface area contributed by atoms with E-state index in [2.05, 4.69) is 158 Å². The first kappa shape index (κ1) is 64.0. The summed E-state index contributed by atoms with van der Waals surface area (Å²) in [6.07, 6.45) is 1.85. The zero-order valence-corrected chi connectivity index (χ0v) is 56.3. The maximum atomic E-state index is 17.0. The number of halogens is 5. The minimum atomic E-state index is -2.24. The molecule has 0 unspecified atom stereocenters. The second-order valence-electron chi connectivity index (χ2n) is 28.1. The molecule has 0 amide bonds. The second kappa shape index (κ2) is 24.1. The SMILES string of the molecule is CC(C)(C)c1cc(-c2cc(C(C)(C)C)cc(-c3c(F)c(F)c(F)c(F)c3F)c2N2[CH-]N(c3[c-]c(Oc4[c-]c5c(cc4)c4ccccc4n5-c4cc(C(C)(C)C)ccn4)cc(-c4cc(-c5ccccc5)cc(-c5ccccc5)c4)c3)c3ccccc32)cc(C(C)(C)C)c1.[Pt]. The predicted octanol–water partition coefficient (Wildman–Crippen LogP) is 23.2. The molecular weight excluding hydrogens is 1350 g/mol. The van der Waals surface area contributed by atoms with E-state index in [4.69, 9.17) is 9.72 Å². The number of benzene rings is 10. The van der Waals surface area contributed by atoms with Gasteiger partial charge in [0.15, 0.2) is 23.3 Å². The molecule has 2 aromatic heterocycles. The van der Waals surface area contributed by atoms with Crippen LogP contribution in [0.25, 0.3) is 83.3 Å². The number of nitrogens with zero attached hydrogens (tertiary/aromatic N) is 4. The normalized spacial score (nSPS) is 12.8. The second-order valence-corrected chi connectivity index (χ2v) is 28.1. The molecule has 0 spiro atoms. The molecule has 3 heterocycles. The largest absolute Gasteiger partial charge is 0.509 e. The zero-order chi connectivity index (χ0) is 64.9. The average Bonchev–Trinajstić information content (AvgIpc) is 1.73. The Kier molecular flexibility index (Phi) is 16.6. The van der Waals surface area contributed by atoms with Gasteiger partial charge < -0.3 is 19.1 Å². The Bertz CT molecular complexity index is 4760. The number of ether oxygens (including phenoxy) is 1. The fourth-order valence-electron chi connectivity index (χ4n) is 12.3. The van der Waals surface area contributed by atoms with Crippen LogP contribution in [0, 0.1) is 47.9 Å². The van der Waals surface area contributed by atoms with Crippen molar-refractivity contribution in [1.82, 2.24) is 9.55 Å². The molecule has 1 aliphatic rings. The quantitative estimate of drug-likeness (QED) is 0.0591. The van der Waals surface area contributed by atoms with E-state index in [0.717, 1.165) is 77.7 Å². The van der Waals surface area contributed by atoms with E-state index in [-0.39, 0.29) is 48.6 Å². The minimum Gasteiger partial charge on any atom is -0.509 e. The third kappa shape index (κ3) is 12.1. The van der Waals surface area contributed by atoms with Gasteiger partial charge in [0.25, 0.3) is 0 Å². The van der Waals surface area contributed by atoms with Crippen LogP contribution in [0.5, 0.6) is 11.5 Å². The zero-order valence-electron chi connectivity index (χ0n) is 54.0. The van der Waals surface area contributed by atoms with Crippen molar-refractivity contribution >= 4 is 44.6 Å². The summed E-state index contributed by atoms with van der Waals surface area (Å²) >= 11 is 0. The molecular formula is C82H70F5N4OPt-3. The third-order valence-electron chi connectivity index (χ3n) is 17.5. The summed E-state index contributed by atoms with van der Waals surface area (Å²) in [5.41, 5.74) is 11.4. The van der Waals surface area contributed by atoms with Crippen molar-refractivity contribution in [3.8, 4) is 73.0 Å². The number of hydrogen-bond donors (Lipinski definition) is 0. The van der Waals surface area contributed by atoms with Crippen LogP contribution >= 0.6 is 0 Å². The molecule has 1 aliphatic heterocycles. The molecule has 12 aromatic rings. The van der Waals surface area contributed by atoms with Crippen molar-refractivity contribution < 1.29 is 47.8 Å². The fraction of sp³-hybridized carbons (Fsp3) is 0.195. The van der Waals surface area contributed by atoms with Crippen molar-refractivity contribution in [3.63, 3.8) is 0 Å². The number of fused-ring (bicyclic) bond motifs is 4. The monoisotopic (exact) mass is 1420 g/mol. The van der Waals surface area contributed by atoms with Gasteiger partial charge in [-0.25, -0.2) is 26.9 Å². The molecule has 10 aromatic carbocycles. The van der Waals surface area contributed by atoms with Crippen LogP contribution in [-0.2, 0) is 42.7 Å². The Balaban J connectivity index is 0.00000832. The van der Waals surface area contributed by atoms with Gasteiger partial charge in [-0.15, -0.1) is 53.6 Å². The van der Waals surface area contributed by atoms with Gasteiger partial charge >= 0.3 is 0 Å². The van der Waals surface area contributed by atoms with Crippen LogP contribution < -0.4 is 14.5 Å². The topological polar surface area (TPSA) is 33.5 Å². The Morgan fingerprint density at radius 3 is 1.47 bits per heavy atom. The van der Waals surface area contributed by atoms with Gasteiger partial charge in [0.05, 0.1) is 5.56 Å². The maximum absolute atomic E-state index is 17.0. The van der Waals surface area contributed by atoms with Crippen LogP contribution in [0.15, 0.2) is 200 Å². The summed E-state index contributed by atoms with van der Waals surface area (Å²) in [6, 6.07) is 72.0. The molecule has 0 aliphatic carbocycles. The smallest absolute Gasteiger partial charge is 0.200 e. The molecule has 472 valence electrons. The Morgan fingerprint density at radius 1 is 0.398 bits per heavy atom. The van der Waals surface area contributed by atoms with Crippen molar-refractivity contribution in [3.05, 3.63) is 270 Å². The molecule has 93 heavy (non-hydrogen) atoms. The van der Waals surface area contributed by atoms with Crippen molar-refractivity contribution in [2.45, 2.75) is 105 Å². The summed E-state index contributed by atoms with van der Waals surface area (Å²) in [5, 5.41) is 1.99. The number of pyridine rings is 1. The van der Waals surface area contributed by atoms with Gasteiger partial charge in [-0.05, 0) is 143 Å². The summed E-state index contributed by atoms with van der Waals surface area (Å²) in [6.45, 7) is 27.0. The van der Waals surface area contributed by atoms with Crippen LogP contribution in [-0.4, -0.2) is 9.55 Å². The van der Waals surface area contributed by atoms with E-state index in [1.807, 2.05) is 141 Å². The first-order valence-corrected chi connectivity index (χ1v) is 31.0. The Hall–Kier alpha value is -9.11. The van der Waals surface area contributed by atoms with Crippen LogP contribution in [0.4, 0.5) is 44.7 Å². The average molecular weight is 1420 g/mol. The van der Waals surface area contributed by atoms with Gasteiger partial charge in [0, 0.05) is 72.5 Å². The van der Waals surface area contributed by atoms with E-state index in [1.54, 1.807) is 17.6 Å². The molecule has 0 fully saturated rings. The van der Waals surface area contributed by atoms with Crippen molar-refractivity contribution in [2.24, 2.45) is 0 Å². The number of para-hydroxylation sites is 3. The van der Waals surface area contributed by atoms with E-state index in [9.17, 15) is 0 Å². The minimum absolute atomic E-state index is 0. The Morgan fingerprint density at radius 2 is 0.892 bits per heavy atom. The van der Waals surface area contributed by atoms with Gasteiger partial charge in [-0.3, -0.25) is 0 Å². The fourth-order valence-corrected chi connectivity index (χ4v) is 12.3. The standard InChI is InChI=1S/C82H70F5N4O.Pt/c1-79(2,3)56-33-34-88-71(45-56)91-67-28-20-19-27-63(67)64-32-31-61(47-70(64)91)92-62-41-54(53-36-51(49-23-15-13-16-24-49)35-52(37-53)50-25-17-14-18-26-50)40-60(46-62)89-48-90(69-30-22-21-29-68(69)89)78-65(55-38-57(80(4,5)6)42-58(39-55)81(7,8)9)43-59(82(10,11)12)44-66(78)72-73(83)75(85)77(87)76(86)74(72)84;/h13-45,48H,1-12H3;/q-3;. The van der Waals surface area contributed by atoms with Gasteiger partial charge in [0.1, 0.15) is 5.82 Å². The number of aromatic nitrogens is 2. The maximum Gasteiger partial charge on any atom is 0.200 e. The summed E-state index contributed by atoms with van der Waals surface area (Å²) in [5.74, 6) is -8.72. The number of anilines is 4. The number of rotatable bonds is 10. The van der Waals surface area contributed by atoms with Crippen molar-refractivity contribution in [2.75, 3.05) is 9.80 Å². The van der Waals surface area contributed by atoms with E-state index in [1.165, 1.54) is 0 Å².